The van der Waals surface area contributed by atoms with Gasteiger partial charge in [0.15, 0.2) is 9.84 Å². The Balaban J connectivity index is 1.44. The Morgan fingerprint density at radius 1 is 1.19 bits per heavy atom. The lowest BCUT2D eigenvalue weighted by Gasteiger charge is -2.55. The van der Waals surface area contributed by atoms with Crippen LogP contribution in [0.2, 0.25) is 5.02 Å². The minimum Gasteiger partial charge on any atom is -0.369 e. The van der Waals surface area contributed by atoms with Gasteiger partial charge in [-0.05, 0) is 54.8 Å². The molecule has 4 aromatic rings. The largest absolute Gasteiger partial charge is 0.369 e. The molecular formula is C29H28ClFN6O4S. The lowest BCUT2D eigenvalue weighted by Crippen LogP contribution is -2.72. The molecule has 4 heterocycles. The number of likely N-dealkylation sites (tertiary alicyclic amines) is 1. The lowest BCUT2D eigenvalue weighted by molar-refractivity contribution is -0.125. The highest BCUT2D eigenvalue weighted by molar-refractivity contribution is 7.93. The molecule has 3 atom stereocenters. The summed E-state index contributed by atoms with van der Waals surface area (Å²) in [4.78, 5) is 35.8. The summed E-state index contributed by atoms with van der Waals surface area (Å²) >= 11 is 6.63. The molecule has 2 aliphatic rings. The Bertz CT molecular complexity index is 1850. The van der Waals surface area contributed by atoms with Crippen molar-refractivity contribution in [1.29, 1.82) is 0 Å². The molecule has 3 unspecified atom stereocenters. The van der Waals surface area contributed by atoms with Crippen molar-refractivity contribution in [3.8, 4) is 11.1 Å². The summed E-state index contributed by atoms with van der Waals surface area (Å²) in [7, 11) is -3.80. The summed E-state index contributed by atoms with van der Waals surface area (Å²) in [6.07, 6.45) is 3.18. The number of primary amides is 1. The molecule has 2 aromatic heterocycles. The fourth-order valence-corrected chi connectivity index (χ4v) is 9.06. The number of nitrogens with zero attached hydrogens (tertiary/aromatic N) is 4. The molecule has 218 valence electrons. The second kappa shape index (κ2) is 10.4. The second-order valence-corrected chi connectivity index (χ2v) is 13.5. The van der Waals surface area contributed by atoms with Gasteiger partial charge in [-0.2, -0.15) is 0 Å². The van der Waals surface area contributed by atoms with Crippen molar-refractivity contribution >= 4 is 44.4 Å². The third kappa shape index (κ3) is 4.40. The Hall–Kier alpha value is -4.03. The predicted molar refractivity (Wildman–Crippen MR) is 156 cm³/mol. The van der Waals surface area contributed by atoms with Crippen LogP contribution >= 0.6 is 11.6 Å². The Labute approximate surface area is 246 Å². The van der Waals surface area contributed by atoms with Gasteiger partial charge in [0.25, 0.3) is 0 Å². The van der Waals surface area contributed by atoms with E-state index in [0.29, 0.717) is 29.2 Å². The highest BCUT2D eigenvalue weighted by atomic mass is 35.5. The van der Waals surface area contributed by atoms with Gasteiger partial charge in [0.1, 0.15) is 10.6 Å². The van der Waals surface area contributed by atoms with E-state index >= 15 is 0 Å². The number of urea groups is 1. The number of nitrogens with one attached hydrogen (secondary N) is 1. The number of carbonyl (C=O) groups excluding carboxylic acids is 2. The third-order valence-electron chi connectivity index (χ3n) is 8.30. The maximum absolute atomic E-state index is 13.8. The van der Waals surface area contributed by atoms with Crippen molar-refractivity contribution in [2.24, 2.45) is 11.7 Å². The van der Waals surface area contributed by atoms with Gasteiger partial charge in [0, 0.05) is 31.4 Å². The van der Waals surface area contributed by atoms with Crippen LogP contribution in [0.5, 0.6) is 0 Å². The second-order valence-electron chi connectivity index (χ2n) is 10.7. The van der Waals surface area contributed by atoms with E-state index in [4.69, 9.17) is 17.3 Å². The first kappa shape index (κ1) is 28.1. The number of halogens is 2. The topological polar surface area (TPSA) is 140 Å². The molecule has 13 heteroatoms. The minimum absolute atomic E-state index is 0.0871. The Kier molecular flexibility index (Phi) is 6.93. The Morgan fingerprint density at radius 2 is 2.00 bits per heavy atom. The SMILES string of the molecule is CCNC(=O)N1CC2(C(C(N)=O)CCS2(=O)=O)C1c1cc(-c2ccc3ncn(Cc4cccc(F)c4)c3c2)c(Cl)cn1. The first-order valence-corrected chi connectivity index (χ1v) is 15.5. The van der Waals surface area contributed by atoms with Crippen LogP contribution in [0, 0.1) is 11.7 Å². The summed E-state index contributed by atoms with van der Waals surface area (Å²) in [5.74, 6) is -2.21. The number of hydrogen-bond donors (Lipinski definition) is 2. The van der Waals surface area contributed by atoms with Gasteiger partial charge < -0.3 is 20.5 Å². The first-order valence-electron chi connectivity index (χ1n) is 13.5. The van der Waals surface area contributed by atoms with Gasteiger partial charge in [-0.3, -0.25) is 9.78 Å². The van der Waals surface area contributed by atoms with Crippen LogP contribution in [0.4, 0.5) is 9.18 Å². The molecular weight excluding hydrogens is 583 g/mol. The van der Waals surface area contributed by atoms with Gasteiger partial charge in [-0.25, -0.2) is 22.6 Å². The molecule has 10 nitrogen and oxygen atoms in total. The first-order chi connectivity index (χ1) is 20.1. The van der Waals surface area contributed by atoms with E-state index in [-0.39, 0.29) is 30.2 Å². The monoisotopic (exact) mass is 610 g/mol. The van der Waals surface area contributed by atoms with E-state index in [9.17, 15) is 22.4 Å². The third-order valence-corrected chi connectivity index (χ3v) is 11.2. The molecule has 2 saturated heterocycles. The van der Waals surface area contributed by atoms with E-state index in [1.165, 1.54) is 23.2 Å². The molecule has 2 fully saturated rings. The zero-order valence-electron chi connectivity index (χ0n) is 22.6. The number of nitrogens with two attached hydrogens (primary N) is 1. The smallest absolute Gasteiger partial charge is 0.318 e. The van der Waals surface area contributed by atoms with Gasteiger partial charge in [0.2, 0.25) is 5.91 Å². The van der Waals surface area contributed by atoms with Crippen molar-refractivity contribution < 1.29 is 22.4 Å². The zero-order chi connectivity index (χ0) is 29.8. The summed E-state index contributed by atoms with van der Waals surface area (Å²) in [5.41, 5.74) is 9.53. The molecule has 2 aliphatic heterocycles. The van der Waals surface area contributed by atoms with Crippen LogP contribution < -0.4 is 11.1 Å². The standard InChI is InChI=1S/C29H28ClFN6O4S/c1-2-33-28(39)37-15-29(21(27(32)38)8-9-42(29,40)41)26(37)24-12-20(22(30)13-34-24)18-6-7-23-25(11-18)36(16-35-23)14-17-4-3-5-19(31)10-17/h3-7,10-13,16,21,26H,2,8-9,14-15H2,1H3,(H2,32,38)(H,33,39). The molecule has 2 aromatic carbocycles. The maximum Gasteiger partial charge on any atom is 0.318 e. The molecule has 6 rings (SSSR count). The summed E-state index contributed by atoms with van der Waals surface area (Å²) in [6.45, 7) is 2.33. The Morgan fingerprint density at radius 3 is 2.74 bits per heavy atom. The van der Waals surface area contributed by atoms with E-state index in [1.807, 2.05) is 28.8 Å². The molecule has 0 bridgehead atoms. The highest BCUT2D eigenvalue weighted by Gasteiger charge is 2.71. The van der Waals surface area contributed by atoms with E-state index in [2.05, 4.69) is 15.3 Å². The average molecular weight is 611 g/mol. The fourth-order valence-electron chi connectivity index (χ4n) is 6.33. The molecule has 0 radical (unpaired) electrons. The average Bonchev–Trinajstić information content (AvgIpc) is 3.46. The number of imidazole rings is 1. The minimum atomic E-state index is -3.80. The van der Waals surface area contributed by atoms with E-state index in [0.717, 1.165) is 16.6 Å². The molecule has 3 amide bonds. The van der Waals surface area contributed by atoms with Crippen LogP contribution in [-0.4, -0.2) is 63.4 Å². The maximum atomic E-state index is 13.8. The summed E-state index contributed by atoms with van der Waals surface area (Å²) in [5, 5.41) is 3.03. The molecule has 42 heavy (non-hydrogen) atoms. The van der Waals surface area contributed by atoms with Crippen molar-refractivity contribution in [2.75, 3.05) is 18.8 Å². The van der Waals surface area contributed by atoms with Crippen LogP contribution in [-0.2, 0) is 21.2 Å². The van der Waals surface area contributed by atoms with Crippen molar-refractivity contribution in [2.45, 2.75) is 30.7 Å². The van der Waals surface area contributed by atoms with Crippen LogP contribution in [0.1, 0.15) is 30.6 Å². The number of amides is 3. The number of fused-ring (bicyclic) bond motifs is 1. The number of pyridine rings is 1. The van der Waals surface area contributed by atoms with Crippen LogP contribution in [0.25, 0.3) is 22.2 Å². The molecule has 3 N–H and O–H groups in total. The number of aromatic nitrogens is 3. The number of carbonyl (C=O) groups is 2. The van der Waals surface area contributed by atoms with Gasteiger partial charge >= 0.3 is 6.03 Å². The molecule has 1 spiro atoms. The van der Waals surface area contributed by atoms with Crippen molar-refractivity contribution in [1.82, 2.24) is 24.8 Å². The predicted octanol–water partition coefficient (Wildman–Crippen LogP) is 3.68. The van der Waals surface area contributed by atoms with E-state index in [1.54, 1.807) is 25.4 Å². The van der Waals surface area contributed by atoms with Crippen LogP contribution in [0.3, 0.4) is 0 Å². The number of benzene rings is 2. The van der Waals surface area contributed by atoms with Gasteiger partial charge in [-0.1, -0.05) is 29.8 Å². The van der Waals surface area contributed by atoms with Crippen molar-refractivity contribution in [3.05, 3.63) is 83.2 Å². The molecule has 0 aliphatic carbocycles. The quantitative estimate of drug-likeness (QED) is 0.341. The highest BCUT2D eigenvalue weighted by Crippen LogP contribution is 2.56. The summed E-state index contributed by atoms with van der Waals surface area (Å²) in [6, 6.07) is 12.1. The lowest BCUT2D eigenvalue weighted by atomic mass is 9.74. The summed E-state index contributed by atoms with van der Waals surface area (Å²) < 4.78 is 41.1. The van der Waals surface area contributed by atoms with Crippen LogP contribution in [0.15, 0.2) is 61.1 Å². The number of sulfone groups is 1. The number of hydrogen-bond acceptors (Lipinski definition) is 6. The van der Waals surface area contributed by atoms with Gasteiger partial charge in [-0.15, -0.1) is 0 Å². The zero-order valence-corrected chi connectivity index (χ0v) is 24.2. The molecule has 0 saturated carbocycles. The number of rotatable bonds is 6. The fraction of sp³-hybridized carbons (Fsp3) is 0.310. The van der Waals surface area contributed by atoms with E-state index < -0.39 is 38.5 Å². The normalized spacial score (nSPS) is 22.8. The van der Waals surface area contributed by atoms with Crippen molar-refractivity contribution in [3.63, 3.8) is 0 Å². The van der Waals surface area contributed by atoms with Gasteiger partial charge in [0.05, 0.1) is 45.8 Å².